The number of benzene rings is 1. The topological polar surface area (TPSA) is 84.2 Å². The Bertz CT molecular complexity index is 697. The van der Waals surface area contributed by atoms with Crippen molar-refractivity contribution in [3.05, 3.63) is 42.6 Å². The predicted molar refractivity (Wildman–Crippen MR) is 96.6 cm³/mol. The number of rotatable bonds is 9. The van der Waals surface area contributed by atoms with Gasteiger partial charge in [0.2, 0.25) is 5.91 Å². The van der Waals surface area contributed by atoms with Crippen LogP contribution in [-0.2, 0) is 9.59 Å². The van der Waals surface area contributed by atoms with Crippen molar-refractivity contribution in [1.82, 2.24) is 9.78 Å². The number of carbonyl (C=O) groups is 2. The van der Waals surface area contributed by atoms with Crippen LogP contribution in [0.25, 0.3) is 5.69 Å². The molecule has 2 aromatic rings. The smallest absolute Gasteiger partial charge is 0.306 e. The van der Waals surface area contributed by atoms with E-state index in [1.54, 1.807) is 16.9 Å². The van der Waals surface area contributed by atoms with Crippen molar-refractivity contribution in [1.29, 1.82) is 0 Å². The first-order chi connectivity index (χ1) is 12.0. The number of carbonyl (C=O) groups excluding carboxylic acids is 1. The lowest BCUT2D eigenvalue weighted by Crippen LogP contribution is -2.26. The molecule has 25 heavy (non-hydrogen) atoms. The summed E-state index contributed by atoms with van der Waals surface area (Å²) in [6.45, 7) is 3.84. The molecule has 0 saturated carbocycles. The second-order valence-electron chi connectivity index (χ2n) is 6.30. The molecule has 6 heteroatoms. The van der Waals surface area contributed by atoms with Crippen LogP contribution in [0, 0.1) is 11.8 Å². The molecule has 2 N–H and O–H groups in total. The van der Waals surface area contributed by atoms with Gasteiger partial charge in [-0.05, 0) is 24.5 Å². The normalized spacial score (nSPS) is 13.2. The summed E-state index contributed by atoms with van der Waals surface area (Å²) >= 11 is 0. The van der Waals surface area contributed by atoms with Crippen molar-refractivity contribution in [2.75, 3.05) is 5.32 Å². The summed E-state index contributed by atoms with van der Waals surface area (Å²) in [7, 11) is 0. The third-order valence-electron chi connectivity index (χ3n) is 4.26. The van der Waals surface area contributed by atoms with Crippen LogP contribution in [0.3, 0.4) is 0 Å². The van der Waals surface area contributed by atoms with Crippen LogP contribution in [-0.4, -0.2) is 26.8 Å². The van der Waals surface area contributed by atoms with Crippen molar-refractivity contribution in [3.8, 4) is 5.69 Å². The SMILES string of the molecule is CCCC[C@H](C(=O)O)[C@@H](C)CC(=O)Nc1ccn(-c2ccccc2)n1. The minimum Gasteiger partial charge on any atom is -0.481 e. The van der Waals surface area contributed by atoms with Gasteiger partial charge in [0.15, 0.2) is 5.82 Å². The number of amides is 1. The number of nitrogens with one attached hydrogen (secondary N) is 1. The fourth-order valence-electron chi connectivity index (χ4n) is 2.82. The van der Waals surface area contributed by atoms with Crippen LogP contribution < -0.4 is 5.32 Å². The minimum atomic E-state index is -0.831. The van der Waals surface area contributed by atoms with E-state index in [-0.39, 0.29) is 18.2 Å². The molecule has 0 bridgehead atoms. The average Bonchev–Trinajstić information content (AvgIpc) is 3.04. The molecule has 1 heterocycles. The van der Waals surface area contributed by atoms with Crippen molar-refractivity contribution in [2.45, 2.75) is 39.5 Å². The lowest BCUT2D eigenvalue weighted by molar-refractivity contribution is -0.144. The summed E-state index contributed by atoms with van der Waals surface area (Å²) in [6, 6.07) is 11.3. The molecule has 0 fully saturated rings. The summed E-state index contributed by atoms with van der Waals surface area (Å²) in [5.74, 6) is -1.30. The van der Waals surface area contributed by atoms with E-state index in [0.717, 1.165) is 18.5 Å². The molecule has 1 aromatic heterocycles. The van der Waals surface area contributed by atoms with Crippen LogP contribution in [0.1, 0.15) is 39.5 Å². The third-order valence-corrected chi connectivity index (χ3v) is 4.26. The molecule has 0 saturated heterocycles. The fourth-order valence-corrected chi connectivity index (χ4v) is 2.82. The van der Waals surface area contributed by atoms with E-state index in [9.17, 15) is 14.7 Å². The third kappa shape index (κ3) is 5.45. The van der Waals surface area contributed by atoms with Crippen LogP contribution in [0.2, 0.25) is 0 Å². The molecule has 0 aliphatic carbocycles. The Kier molecular flexibility index (Phi) is 6.74. The molecule has 134 valence electrons. The molecule has 6 nitrogen and oxygen atoms in total. The highest BCUT2D eigenvalue weighted by Gasteiger charge is 2.26. The lowest BCUT2D eigenvalue weighted by Gasteiger charge is -2.19. The Morgan fingerprint density at radius 3 is 2.60 bits per heavy atom. The van der Waals surface area contributed by atoms with E-state index < -0.39 is 11.9 Å². The van der Waals surface area contributed by atoms with Crippen molar-refractivity contribution in [3.63, 3.8) is 0 Å². The van der Waals surface area contributed by atoms with Gasteiger partial charge in [0.25, 0.3) is 0 Å². The zero-order valence-corrected chi connectivity index (χ0v) is 14.7. The molecule has 2 atom stereocenters. The fraction of sp³-hybridized carbons (Fsp3) is 0.421. The number of carboxylic acid groups (broad SMARTS) is 1. The van der Waals surface area contributed by atoms with Gasteiger partial charge in [-0.25, -0.2) is 4.68 Å². The highest BCUT2D eigenvalue weighted by atomic mass is 16.4. The van der Waals surface area contributed by atoms with Gasteiger partial charge >= 0.3 is 5.97 Å². The maximum Gasteiger partial charge on any atom is 0.306 e. The summed E-state index contributed by atoms with van der Waals surface area (Å²) in [4.78, 5) is 23.6. The van der Waals surface area contributed by atoms with Gasteiger partial charge in [-0.15, -0.1) is 0 Å². The van der Waals surface area contributed by atoms with Crippen molar-refractivity contribution >= 4 is 17.7 Å². The Morgan fingerprint density at radius 1 is 1.24 bits per heavy atom. The van der Waals surface area contributed by atoms with E-state index in [2.05, 4.69) is 10.4 Å². The summed E-state index contributed by atoms with van der Waals surface area (Å²) in [5.41, 5.74) is 0.905. The first kappa shape index (κ1) is 18.7. The summed E-state index contributed by atoms with van der Waals surface area (Å²) < 4.78 is 1.68. The molecule has 1 amide bonds. The van der Waals surface area contributed by atoms with Gasteiger partial charge < -0.3 is 10.4 Å². The number of unbranched alkanes of at least 4 members (excludes halogenated alkanes) is 1. The largest absolute Gasteiger partial charge is 0.481 e. The average molecular weight is 343 g/mol. The van der Waals surface area contributed by atoms with Gasteiger partial charge in [0, 0.05) is 18.7 Å². The van der Waals surface area contributed by atoms with Crippen LogP contribution >= 0.6 is 0 Å². The maximum atomic E-state index is 12.2. The zero-order chi connectivity index (χ0) is 18.2. The number of para-hydroxylation sites is 1. The maximum absolute atomic E-state index is 12.2. The molecular weight excluding hydrogens is 318 g/mol. The van der Waals surface area contributed by atoms with Crippen molar-refractivity contribution in [2.24, 2.45) is 11.8 Å². The summed E-state index contributed by atoms with van der Waals surface area (Å²) in [6.07, 6.45) is 4.33. The lowest BCUT2D eigenvalue weighted by atomic mass is 9.87. The second-order valence-corrected chi connectivity index (χ2v) is 6.30. The number of carboxylic acids is 1. The Balaban J connectivity index is 1.93. The number of hydrogen-bond acceptors (Lipinski definition) is 3. The predicted octanol–water partition coefficient (Wildman–Crippen LogP) is 3.73. The van der Waals surface area contributed by atoms with Gasteiger partial charge in [-0.3, -0.25) is 9.59 Å². The van der Waals surface area contributed by atoms with Crippen molar-refractivity contribution < 1.29 is 14.7 Å². The summed E-state index contributed by atoms with van der Waals surface area (Å²) in [5, 5.41) is 16.4. The van der Waals surface area contributed by atoms with Gasteiger partial charge in [-0.2, -0.15) is 5.10 Å². The number of nitrogens with zero attached hydrogens (tertiary/aromatic N) is 2. The number of aromatic nitrogens is 2. The highest BCUT2D eigenvalue weighted by molar-refractivity contribution is 5.90. The molecule has 0 radical (unpaired) electrons. The Morgan fingerprint density at radius 2 is 1.96 bits per heavy atom. The van der Waals surface area contributed by atoms with E-state index >= 15 is 0 Å². The van der Waals surface area contributed by atoms with Gasteiger partial charge in [0.05, 0.1) is 11.6 Å². The second kappa shape index (κ2) is 9.01. The molecule has 0 spiro atoms. The van der Waals surface area contributed by atoms with Crippen LogP contribution in [0.4, 0.5) is 5.82 Å². The Labute approximate surface area is 147 Å². The van der Waals surface area contributed by atoms with Crippen LogP contribution in [0.5, 0.6) is 0 Å². The zero-order valence-electron chi connectivity index (χ0n) is 14.7. The molecule has 0 aliphatic heterocycles. The van der Waals surface area contributed by atoms with E-state index in [4.69, 9.17) is 0 Å². The first-order valence-corrected chi connectivity index (χ1v) is 8.65. The molecule has 0 unspecified atom stereocenters. The monoisotopic (exact) mass is 343 g/mol. The van der Waals surface area contributed by atoms with E-state index in [0.29, 0.717) is 12.2 Å². The molecule has 1 aromatic carbocycles. The van der Waals surface area contributed by atoms with Crippen LogP contribution in [0.15, 0.2) is 42.6 Å². The number of hydrogen-bond donors (Lipinski definition) is 2. The van der Waals surface area contributed by atoms with E-state index in [1.165, 1.54) is 0 Å². The minimum absolute atomic E-state index is 0.166. The number of aliphatic carboxylic acids is 1. The number of anilines is 1. The van der Waals surface area contributed by atoms with Gasteiger partial charge in [0.1, 0.15) is 0 Å². The first-order valence-electron chi connectivity index (χ1n) is 8.65. The molecular formula is C19H25N3O3. The standard InChI is InChI=1S/C19H25N3O3/c1-3-4-10-16(19(24)25)14(2)13-18(23)20-17-11-12-22(21-17)15-8-6-5-7-9-15/h5-9,11-12,14,16H,3-4,10,13H2,1-2H3,(H,24,25)(H,20,21,23)/t14-,16-/m0/s1. The molecule has 0 aliphatic rings. The molecule has 2 rings (SSSR count). The highest BCUT2D eigenvalue weighted by Crippen LogP contribution is 2.22. The Hall–Kier alpha value is -2.63. The quantitative estimate of drug-likeness (QED) is 0.726. The van der Waals surface area contributed by atoms with Gasteiger partial charge in [-0.1, -0.05) is 44.9 Å². The van der Waals surface area contributed by atoms with E-state index in [1.807, 2.05) is 44.2 Å².